The number of aliphatic carboxylic acids is 1. The van der Waals surface area contributed by atoms with Crippen LogP contribution in [0.15, 0.2) is 9.93 Å². The van der Waals surface area contributed by atoms with Crippen LogP contribution in [0.5, 0.6) is 0 Å². The molecule has 21 heavy (non-hydrogen) atoms. The third-order valence-electron chi connectivity index (χ3n) is 3.59. The monoisotopic (exact) mass is 332 g/mol. The fraction of sp³-hybridized carbons (Fsp3) is 0.692. The minimum absolute atomic E-state index is 0.0662. The number of hydrogen-bond acceptors (Lipinski definition) is 6. The fourth-order valence-electron chi connectivity index (χ4n) is 2.48. The molecule has 0 aromatic rings. The van der Waals surface area contributed by atoms with E-state index in [4.69, 9.17) is 5.73 Å². The molecule has 0 aromatic carbocycles. The van der Waals surface area contributed by atoms with E-state index in [0.29, 0.717) is 10.8 Å². The summed E-state index contributed by atoms with van der Waals surface area (Å²) in [6.45, 7) is 4.20. The molecule has 4 N–H and O–H groups in total. The summed E-state index contributed by atoms with van der Waals surface area (Å²) in [5.41, 5.74) is 5.55. The third kappa shape index (κ3) is 3.08. The van der Waals surface area contributed by atoms with Crippen molar-refractivity contribution in [1.82, 2.24) is 4.90 Å². The van der Waals surface area contributed by atoms with E-state index in [-0.39, 0.29) is 22.2 Å². The molecule has 0 aliphatic carbocycles. The zero-order valence-corrected chi connectivity index (χ0v) is 13.6. The Morgan fingerprint density at radius 1 is 1.52 bits per heavy atom. The molecule has 118 valence electrons. The number of fused-ring (bicyclic) bond motifs is 1. The maximum absolute atomic E-state index is 12.0. The van der Waals surface area contributed by atoms with Gasteiger partial charge in [-0.2, -0.15) is 0 Å². The second kappa shape index (κ2) is 6.60. The van der Waals surface area contributed by atoms with Gasteiger partial charge in [0.25, 0.3) is 0 Å². The van der Waals surface area contributed by atoms with Gasteiger partial charge >= 0.3 is 5.97 Å². The number of aliphatic hydroxyl groups is 1. The summed E-state index contributed by atoms with van der Waals surface area (Å²) in [4.78, 5) is 24.8. The van der Waals surface area contributed by atoms with Crippen molar-refractivity contribution in [2.45, 2.75) is 43.4 Å². The number of nitrogens with two attached hydrogens (primary N) is 1. The van der Waals surface area contributed by atoms with Crippen LogP contribution >= 0.6 is 23.5 Å². The lowest BCUT2D eigenvalue weighted by Crippen LogP contribution is -2.60. The maximum atomic E-state index is 12.0. The molecule has 6 nitrogen and oxygen atoms in total. The summed E-state index contributed by atoms with van der Waals surface area (Å²) in [6.07, 6.45) is 1.02. The lowest BCUT2D eigenvalue weighted by atomic mass is 9.92. The third-order valence-corrected chi connectivity index (χ3v) is 6.37. The number of thioether (sulfide) groups is 2. The summed E-state index contributed by atoms with van der Waals surface area (Å²) in [5.74, 6) is -1.90. The number of nitrogens with zero attached hydrogens (tertiary/aromatic N) is 1. The van der Waals surface area contributed by atoms with Crippen LogP contribution in [-0.2, 0) is 9.59 Å². The zero-order chi connectivity index (χ0) is 15.7. The van der Waals surface area contributed by atoms with E-state index in [1.807, 2.05) is 6.92 Å². The predicted octanol–water partition coefficient (Wildman–Crippen LogP) is 1.01. The van der Waals surface area contributed by atoms with Crippen molar-refractivity contribution >= 4 is 35.4 Å². The summed E-state index contributed by atoms with van der Waals surface area (Å²) >= 11 is 2.85. The average Bonchev–Trinajstić information content (AvgIpc) is 2.70. The van der Waals surface area contributed by atoms with E-state index in [9.17, 15) is 19.8 Å². The Bertz CT molecular complexity index is 481. The van der Waals surface area contributed by atoms with Crippen LogP contribution in [0.2, 0.25) is 0 Å². The first-order valence-corrected chi connectivity index (χ1v) is 8.66. The number of carboxylic acid groups (broad SMARTS) is 1. The number of carboxylic acids is 1. The highest BCUT2D eigenvalue weighted by atomic mass is 32.2. The van der Waals surface area contributed by atoms with E-state index in [2.05, 4.69) is 0 Å². The lowest BCUT2D eigenvalue weighted by molar-refractivity contribution is -0.156. The van der Waals surface area contributed by atoms with E-state index in [1.54, 1.807) is 6.92 Å². The first kappa shape index (κ1) is 16.7. The minimum atomic E-state index is -1.09. The minimum Gasteiger partial charge on any atom is -0.477 e. The molecule has 0 spiro atoms. The topological polar surface area (TPSA) is 104 Å². The van der Waals surface area contributed by atoms with Crippen molar-refractivity contribution < 1.29 is 19.8 Å². The lowest BCUT2D eigenvalue weighted by Gasteiger charge is -2.43. The molecular weight excluding hydrogens is 312 g/mol. The van der Waals surface area contributed by atoms with Gasteiger partial charge in [0.1, 0.15) is 5.37 Å². The van der Waals surface area contributed by atoms with E-state index < -0.39 is 18.0 Å². The number of carbonyl (C=O) groups is 2. The molecule has 2 rings (SSSR count). The largest absolute Gasteiger partial charge is 0.477 e. The molecule has 1 fully saturated rings. The quantitative estimate of drug-likeness (QED) is 0.598. The number of amides is 1. The van der Waals surface area contributed by atoms with Gasteiger partial charge in [0.2, 0.25) is 5.91 Å². The van der Waals surface area contributed by atoms with Crippen molar-refractivity contribution in [2.24, 2.45) is 11.7 Å². The van der Waals surface area contributed by atoms with Gasteiger partial charge in [0.05, 0.1) is 16.3 Å². The van der Waals surface area contributed by atoms with Crippen LogP contribution < -0.4 is 5.73 Å². The summed E-state index contributed by atoms with van der Waals surface area (Å²) in [5, 5.41) is 19.0. The first-order chi connectivity index (χ1) is 9.88. The second-order valence-electron chi connectivity index (χ2n) is 5.28. The molecule has 1 amide bonds. The van der Waals surface area contributed by atoms with Crippen molar-refractivity contribution in [3.8, 4) is 0 Å². The van der Waals surface area contributed by atoms with Gasteiger partial charge in [-0.25, -0.2) is 4.79 Å². The van der Waals surface area contributed by atoms with Gasteiger partial charge in [-0.3, -0.25) is 9.69 Å². The van der Waals surface area contributed by atoms with Gasteiger partial charge in [-0.1, -0.05) is 18.7 Å². The van der Waals surface area contributed by atoms with E-state index in [1.165, 1.54) is 28.4 Å². The maximum Gasteiger partial charge on any atom is 0.354 e. The van der Waals surface area contributed by atoms with Crippen molar-refractivity contribution in [2.75, 3.05) is 6.54 Å². The highest BCUT2D eigenvalue weighted by Crippen LogP contribution is 2.54. The Labute approximate surface area is 132 Å². The van der Waals surface area contributed by atoms with Gasteiger partial charge in [0.15, 0.2) is 5.70 Å². The van der Waals surface area contributed by atoms with Crippen LogP contribution in [0.1, 0.15) is 26.7 Å². The molecule has 2 aliphatic heterocycles. The first-order valence-electron chi connectivity index (χ1n) is 6.90. The Morgan fingerprint density at radius 3 is 2.71 bits per heavy atom. The summed E-state index contributed by atoms with van der Waals surface area (Å²) in [7, 11) is 0. The molecule has 3 unspecified atom stereocenters. The average molecular weight is 332 g/mol. The van der Waals surface area contributed by atoms with Crippen LogP contribution in [0, 0.1) is 5.92 Å². The second-order valence-corrected chi connectivity index (χ2v) is 8.12. The van der Waals surface area contributed by atoms with Gasteiger partial charge in [-0.05, 0) is 26.3 Å². The Kier molecular flexibility index (Phi) is 5.24. The van der Waals surface area contributed by atoms with Crippen molar-refractivity contribution in [3.63, 3.8) is 0 Å². The highest BCUT2D eigenvalue weighted by molar-refractivity contribution is 8.23. The molecule has 0 saturated carbocycles. The fourth-order valence-corrected chi connectivity index (χ4v) is 5.76. The van der Waals surface area contributed by atoms with Gasteiger partial charge in [-0.15, -0.1) is 11.8 Å². The predicted molar refractivity (Wildman–Crippen MR) is 83.4 cm³/mol. The zero-order valence-electron chi connectivity index (χ0n) is 12.0. The Hall–Kier alpha value is -0.700. The SMILES string of the molecule is CC(CCCN)SC1=C(C(=O)O)N2C(=O)C(C(C)O)[C@H]2S1. The van der Waals surface area contributed by atoms with Crippen LogP contribution in [0.25, 0.3) is 0 Å². The summed E-state index contributed by atoms with van der Waals surface area (Å²) in [6, 6.07) is 0. The Balaban J connectivity index is 2.13. The number of aliphatic hydroxyl groups excluding tert-OH is 1. The molecule has 8 heteroatoms. The molecule has 4 atom stereocenters. The molecule has 2 aliphatic rings. The van der Waals surface area contributed by atoms with Crippen LogP contribution in [-0.4, -0.2) is 50.3 Å². The number of carbonyl (C=O) groups excluding carboxylic acids is 1. The highest BCUT2D eigenvalue weighted by Gasteiger charge is 2.57. The normalized spacial score (nSPS) is 27.4. The molecule has 0 radical (unpaired) electrons. The molecular formula is C13H20N2O4S2. The molecule has 1 saturated heterocycles. The number of hydrogen-bond donors (Lipinski definition) is 3. The smallest absolute Gasteiger partial charge is 0.354 e. The number of rotatable bonds is 7. The van der Waals surface area contributed by atoms with E-state index >= 15 is 0 Å². The standard InChI is InChI=1S/C13H20N2O4S2/c1-6(4-3-5-14)20-13-9(12(18)19)15-10(17)8(7(2)16)11(15)21-13/h6-8,11,16H,3-5,14H2,1-2H3,(H,18,19)/t6?,7?,8?,11-/m1/s1. The Morgan fingerprint density at radius 2 is 2.19 bits per heavy atom. The van der Waals surface area contributed by atoms with E-state index in [0.717, 1.165) is 12.8 Å². The number of β-lactam (4-membered cyclic amide) rings is 1. The molecule has 0 aromatic heterocycles. The van der Waals surface area contributed by atoms with Crippen LogP contribution in [0.4, 0.5) is 0 Å². The van der Waals surface area contributed by atoms with Gasteiger partial charge < -0.3 is 15.9 Å². The van der Waals surface area contributed by atoms with Crippen molar-refractivity contribution in [1.29, 1.82) is 0 Å². The van der Waals surface area contributed by atoms with Crippen LogP contribution in [0.3, 0.4) is 0 Å². The van der Waals surface area contributed by atoms with Gasteiger partial charge in [0, 0.05) is 5.25 Å². The molecule has 2 heterocycles. The van der Waals surface area contributed by atoms with Crippen molar-refractivity contribution in [3.05, 3.63) is 9.93 Å². The molecule has 0 bridgehead atoms. The summed E-state index contributed by atoms with van der Waals surface area (Å²) < 4.78 is 0.661.